The molecule has 0 unspecified atom stereocenters. The summed E-state index contributed by atoms with van der Waals surface area (Å²) in [6.07, 6.45) is -3.79. The first kappa shape index (κ1) is 30.4. The maximum atomic E-state index is 14.0. The van der Waals surface area contributed by atoms with E-state index in [9.17, 15) is 31.5 Å². The summed E-state index contributed by atoms with van der Waals surface area (Å²) >= 11 is 0. The van der Waals surface area contributed by atoms with Crippen LogP contribution in [-0.2, 0) is 4.79 Å². The van der Waals surface area contributed by atoms with Crippen LogP contribution in [0.25, 0.3) is 11.0 Å². The average Bonchev–Trinajstić information content (AvgIpc) is 3.54. The van der Waals surface area contributed by atoms with Crippen molar-refractivity contribution in [2.24, 2.45) is 11.8 Å². The predicted octanol–water partition coefficient (Wildman–Crippen LogP) is 6.40. The van der Waals surface area contributed by atoms with Crippen molar-refractivity contribution in [2.75, 3.05) is 0 Å². The lowest BCUT2D eigenvalue weighted by atomic mass is 9.81. The van der Waals surface area contributed by atoms with Crippen molar-refractivity contribution in [1.29, 1.82) is 0 Å². The second kappa shape index (κ2) is 11.8. The minimum atomic E-state index is -4.46. The van der Waals surface area contributed by atoms with Gasteiger partial charge in [-0.3, -0.25) is 14.3 Å². The minimum absolute atomic E-state index is 0.0682. The highest BCUT2D eigenvalue weighted by atomic mass is 19.4. The first-order valence-electron chi connectivity index (χ1n) is 13.7. The Balaban J connectivity index is 1.57. The minimum Gasteiger partial charge on any atom is -0.350 e. The number of aromatic amines is 1. The number of fused-ring (bicyclic) bond motifs is 1. The number of hydrogen-bond acceptors (Lipinski definition) is 4. The van der Waals surface area contributed by atoms with E-state index in [2.05, 4.69) is 25.7 Å². The van der Waals surface area contributed by atoms with Gasteiger partial charge in [0.25, 0.3) is 5.91 Å². The van der Waals surface area contributed by atoms with Gasteiger partial charge in [0.1, 0.15) is 11.5 Å². The molecule has 0 aliphatic heterocycles. The number of amides is 2. The van der Waals surface area contributed by atoms with Gasteiger partial charge in [0.2, 0.25) is 11.8 Å². The number of nitrogens with one attached hydrogen (secondary N) is 3. The summed E-state index contributed by atoms with van der Waals surface area (Å²) in [6.45, 7) is 6.41. The molecule has 3 atom stereocenters. The van der Waals surface area contributed by atoms with Crippen LogP contribution >= 0.6 is 0 Å². The highest BCUT2D eigenvalue weighted by Crippen LogP contribution is 2.41. The number of imidazole rings is 1. The molecule has 1 fully saturated rings. The number of carbonyl (C=O) groups excluding carboxylic acids is 2. The predicted molar refractivity (Wildman–Crippen MR) is 142 cm³/mol. The zero-order chi connectivity index (χ0) is 30.1. The van der Waals surface area contributed by atoms with Crippen molar-refractivity contribution >= 4 is 22.8 Å². The second-order valence-corrected chi connectivity index (χ2v) is 11.2. The largest absolute Gasteiger partial charge is 0.392 e. The lowest BCUT2D eigenvalue weighted by Gasteiger charge is -2.33. The quantitative estimate of drug-likeness (QED) is 0.254. The molecule has 2 heterocycles. The summed E-state index contributed by atoms with van der Waals surface area (Å²) < 4.78 is 68.0. The maximum Gasteiger partial charge on any atom is 0.392 e. The van der Waals surface area contributed by atoms with Gasteiger partial charge in [0, 0.05) is 31.5 Å². The Labute approximate surface area is 234 Å². The van der Waals surface area contributed by atoms with E-state index in [1.807, 2.05) is 13.8 Å². The molecule has 2 amide bonds. The topological polar surface area (TPSA) is 105 Å². The molecule has 0 saturated heterocycles. The Hall–Kier alpha value is -3.51. The maximum absolute atomic E-state index is 14.0. The fraction of sp³-hybridized carbons (Fsp3) is 0.571. The van der Waals surface area contributed by atoms with E-state index >= 15 is 0 Å². The summed E-state index contributed by atoms with van der Waals surface area (Å²) in [5, 5.41) is 9.80. The van der Waals surface area contributed by atoms with Crippen LogP contribution < -0.4 is 10.6 Å². The Bertz CT molecular complexity index is 1370. The average molecular weight is 583 g/mol. The SMILES string of the molecule is CC(C)n1nccc1C(=O)N[C@H](c1nc2ccc([C@@H](C)NC(=O)C[C@H](C)C(F)(F)F)cc2[nH]1)C1CCC(F)(F)CC1. The van der Waals surface area contributed by atoms with Crippen LogP contribution in [0.3, 0.4) is 0 Å². The summed E-state index contributed by atoms with van der Waals surface area (Å²) in [5.74, 6) is -5.51. The number of benzene rings is 1. The van der Waals surface area contributed by atoms with E-state index in [0.29, 0.717) is 28.1 Å². The van der Waals surface area contributed by atoms with Crippen LogP contribution in [0.4, 0.5) is 22.0 Å². The third kappa shape index (κ3) is 7.23. The zero-order valence-corrected chi connectivity index (χ0v) is 23.4. The molecule has 1 aliphatic rings. The van der Waals surface area contributed by atoms with Crippen LogP contribution in [-0.4, -0.2) is 43.7 Å². The molecular formula is C28H35F5N6O2. The molecule has 2 aromatic heterocycles. The molecule has 0 bridgehead atoms. The van der Waals surface area contributed by atoms with Gasteiger partial charge in [-0.05, 0) is 63.3 Å². The number of carbonyl (C=O) groups is 2. The molecule has 1 aliphatic carbocycles. The standard InChI is InChI=1S/C28H35F5N6O2/c1-15(2)39-22(9-12-34-39)26(41)38-24(18-7-10-27(29,30)11-8-18)25-36-20-6-5-19(14-21(20)37-25)17(4)35-23(40)13-16(3)28(31,32)33/h5-6,9,12,14-18,24H,7-8,10-11,13H2,1-4H3,(H,35,40)(H,36,37)(H,38,41)/t16-,17+,24-/m0/s1. The van der Waals surface area contributed by atoms with Gasteiger partial charge in [-0.1, -0.05) is 13.0 Å². The van der Waals surface area contributed by atoms with Gasteiger partial charge < -0.3 is 15.6 Å². The smallest absolute Gasteiger partial charge is 0.350 e. The highest BCUT2D eigenvalue weighted by molar-refractivity contribution is 5.92. The van der Waals surface area contributed by atoms with Gasteiger partial charge in [0.15, 0.2) is 0 Å². The highest BCUT2D eigenvalue weighted by Gasteiger charge is 2.40. The molecule has 8 nitrogen and oxygen atoms in total. The number of H-pyrrole nitrogens is 1. The molecule has 41 heavy (non-hydrogen) atoms. The van der Waals surface area contributed by atoms with Gasteiger partial charge in [-0.25, -0.2) is 13.8 Å². The fourth-order valence-electron chi connectivity index (χ4n) is 5.17. The van der Waals surface area contributed by atoms with E-state index < -0.39 is 48.3 Å². The summed E-state index contributed by atoms with van der Waals surface area (Å²) in [5.41, 5.74) is 2.11. The number of halogens is 5. The van der Waals surface area contributed by atoms with E-state index in [1.165, 1.54) is 6.20 Å². The number of alkyl halides is 5. The Morgan fingerprint density at radius 2 is 1.78 bits per heavy atom. The third-order valence-electron chi connectivity index (χ3n) is 7.66. The van der Waals surface area contributed by atoms with Crippen molar-refractivity contribution in [3.8, 4) is 0 Å². The van der Waals surface area contributed by atoms with Gasteiger partial charge >= 0.3 is 6.18 Å². The Morgan fingerprint density at radius 1 is 1.10 bits per heavy atom. The Morgan fingerprint density at radius 3 is 2.41 bits per heavy atom. The molecule has 0 radical (unpaired) electrons. The van der Waals surface area contributed by atoms with E-state index in [-0.39, 0.29) is 37.6 Å². The normalized spacial score (nSPS) is 18.3. The molecule has 4 rings (SSSR count). The molecule has 3 N–H and O–H groups in total. The van der Waals surface area contributed by atoms with Gasteiger partial charge in [-0.2, -0.15) is 18.3 Å². The summed E-state index contributed by atoms with van der Waals surface area (Å²) in [7, 11) is 0. The number of rotatable bonds is 9. The molecule has 3 aromatic rings. The van der Waals surface area contributed by atoms with Crippen LogP contribution in [0, 0.1) is 11.8 Å². The molecular weight excluding hydrogens is 547 g/mol. The van der Waals surface area contributed by atoms with Crippen LogP contribution in [0.15, 0.2) is 30.5 Å². The van der Waals surface area contributed by atoms with E-state index in [4.69, 9.17) is 0 Å². The second-order valence-electron chi connectivity index (χ2n) is 11.2. The monoisotopic (exact) mass is 582 g/mol. The zero-order valence-electron chi connectivity index (χ0n) is 23.4. The first-order chi connectivity index (χ1) is 19.1. The van der Waals surface area contributed by atoms with Crippen LogP contribution in [0.2, 0.25) is 0 Å². The molecule has 0 spiro atoms. The van der Waals surface area contributed by atoms with Crippen molar-refractivity contribution in [2.45, 2.75) is 90.0 Å². The summed E-state index contributed by atoms with van der Waals surface area (Å²) in [6, 6.07) is 5.41. The van der Waals surface area contributed by atoms with Gasteiger partial charge in [-0.15, -0.1) is 0 Å². The fourth-order valence-corrected chi connectivity index (χ4v) is 5.17. The third-order valence-corrected chi connectivity index (χ3v) is 7.66. The van der Waals surface area contributed by atoms with Crippen molar-refractivity contribution in [1.82, 2.24) is 30.4 Å². The Kier molecular flexibility index (Phi) is 8.74. The molecule has 1 aromatic carbocycles. The first-order valence-corrected chi connectivity index (χ1v) is 13.7. The van der Waals surface area contributed by atoms with Crippen molar-refractivity contribution in [3.05, 3.63) is 47.5 Å². The summed E-state index contributed by atoms with van der Waals surface area (Å²) in [4.78, 5) is 33.4. The number of nitrogens with zero attached hydrogens (tertiary/aromatic N) is 3. The molecule has 224 valence electrons. The lowest BCUT2D eigenvalue weighted by molar-refractivity contribution is -0.174. The number of hydrogen-bond donors (Lipinski definition) is 3. The van der Waals surface area contributed by atoms with Crippen molar-refractivity contribution < 1.29 is 31.5 Å². The van der Waals surface area contributed by atoms with Crippen LogP contribution in [0.1, 0.15) is 99.8 Å². The van der Waals surface area contributed by atoms with Crippen molar-refractivity contribution in [3.63, 3.8) is 0 Å². The van der Waals surface area contributed by atoms with E-state index in [1.54, 1.807) is 35.9 Å². The molecule has 1 saturated carbocycles. The molecule has 13 heteroatoms. The van der Waals surface area contributed by atoms with Gasteiger partial charge in [0.05, 0.1) is 29.0 Å². The number of aromatic nitrogens is 4. The van der Waals surface area contributed by atoms with Crippen LogP contribution in [0.5, 0.6) is 0 Å². The van der Waals surface area contributed by atoms with E-state index in [0.717, 1.165) is 6.92 Å². The lowest BCUT2D eigenvalue weighted by Crippen LogP contribution is -2.38.